The highest BCUT2D eigenvalue weighted by Gasteiger charge is 1.93. The number of benzene rings is 1. The monoisotopic (exact) mass is 142 g/mol. The summed E-state index contributed by atoms with van der Waals surface area (Å²) in [5, 5.41) is 0. The lowest BCUT2D eigenvalue weighted by Crippen LogP contribution is -1.69. The van der Waals surface area contributed by atoms with E-state index in [1.165, 1.54) is 11.1 Å². The van der Waals surface area contributed by atoms with Gasteiger partial charge in [-0.2, -0.15) is 0 Å². The van der Waals surface area contributed by atoms with Crippen molar-refractivity contribution in [3.8, 4) is 11.1 Å². The molecule has 11 heavy (non-hydrogen) atoms. The molecule has 2 aromatic rings. The van der Waals surface area contributed by atoms with Crippen LogP contribution in [0.2, 0.25) is 0 Å². The minimum atomic E-state index is 1.20. The van der Waals surface area contributed by atoms with E-state index in [0.29, 0.717) is 0 Å². The maximum atomic E-state index is 3.04. The maximum absolute atomic E-state index is 3.04. The molecule has 0 aliphatic heterocycles. The maximum Gasteiger partial charge on any atom is 0.00841 e. The van der Waals surface area contributed by atoms with Crippen molar-refractivity contribution < 1.29 is 0 Å². The molecule has 0 fully saturated rings. The highest BCUT2D eigenvalue weighted by atomic mass is 14.6. The van der Waals surface area contributed by atoms with Crippen molar-refractivity contribution in [3.63, 3.8) is 0 Å². The van der Waals surface area contributed by atoms with Gasteiger partial charge in [0.25, 0.3) is 0 Å². The molecule has 0 spiro atoms. The van der Waals surface area contributed by atoms with Crippen LogP contribution in [0, 0.1) is 6.07 Å². The Kier molecular flexibility index (Phi) is 1.48. The van der Waals surface area contributed by atoms with E-state index in [-0.39, 0.29) is 0 Å². The Bertz CT molecular complexity index is 308. The zero-order valence-corrected chi connectivity index (χ0v) is 6.04. The minimum Gasteiger partial charge on any atom is -0.367 e. The first kappa shape index (κ1) is 6.23. The van der Waals surface area contributed by atoms with Crippen molar-refractivity contribution in [1.82, 2.24) is 4.98 Å². The molecular formula is C10H8N. The third-order valence-electron chi connectivity index (χ3n) is 1.64. The fourth-order valence-electron chi connectivity index (χ4n) is 1.08. The first-order chi connectivity index (χ1) is 5.47. The Morgan fingerprint density at radius 1 is 1.18 bits per heavy atom. The summed E-state index contributed by atoms with van der Waals surface area (Å²) >= 11 is 0. The molecular weight excluding hydrogens is 134 g/mol. The average molecular weight is 142 g/mol. The summed E-state index contributed by atoms with van der Waals surface area (Å²) in [6.07, 6.45) is 3.89. The van der Waals surface area contributed by atoms with Crippen molar-refractivity contribution in [2.75, 3.05) is 0 Å². The molecule has 53 valence electrons. The number of hydrogen-bond donors (Lipinski definition) is 1. The minimum absolute atomic E-state index is 1.20. The van der Waals surface area contributed by atoms with Gasteiger partial charge in [-0.25, -0.2) is 0 Å². The first-order valence-corrected chi connectivity index (χ1v) is 3.56. The number of H-pyrrole nitrogens is 1. The smallest absolute Gasteiger partial charge is 0.00841 e. The molecule has 1 aromatic heterocycles. The van der Waals surface area contributed by atoms with E-state index in [0.717, 1.165) is 0 Å². The summed E-state index contributed by atoms with van der Waals surface area (Å²) in [5.74, 6) is 0. The van der Waals surface area contributed by atoms with Gasteiger partial charge < -0.3 is 4.98 Å². The second-order valence-corrected chi connectivity index (χ2v) is 2.39. The third kappa shape index (κ3) is 1.17. The Balaban J connectivity index is 2.46. The molecule has 1 heterocycles. The van der Waals surface area contributed by atoms with E-state index in [1.54, 1.807) is 0 Å². The molecule has 0 amide bonds. The van der Waals surface area contributed by atoms with Crippen LogP contribution in [0.1, 0.15) is 0 Å². The Labute approximate surface area is 65.7 Å². The first-order valence-electron chi connectivity index (χ1n) is 3.56. The molecule has 0 aliphatic carbocycles. The summed E-state index contributed by atoms with van der Waals surface area (Å²) in [5.41, 5.74) is 2.41. The van der Waals surface area contributed by atoms with Crippen LogP contribution in [0.15, 0.2) is 42.7 Å². The number of rotatable bonds is 1. The lowest BCUT2D eigenvalue weighted by atomic mass is 10.1. The highest BCUT2D eigenvalue weighted by molar-refractivity contribution is 5.61. The van der Waals surface area contributed by atoms with E-state index in [1.807, 2.05) is 36.7 Å². The zero-order valence-electron chi connectivity index (χ0n) is 6.04. The normalized spacial score (nSPS) is 9.82. The van der Waals surface area contributed by atoms with Crippen LogP contribution in [0.5, 0.6) is 0 Å². The predicted octanol–water partition coefficient (Wildman–Crippen LogP) is 2.48. The molecule has 1 N–H and O–H groups in total. The molecule has 0 atom stereocenters. The number of aromatic amines is 1. The van der Waals surface area contributed by atoms with Gasteiger partial charge in [-0.1, -0.05) is 18.2 Å². The summed E-state index contributed by atoms with van der Waals surface area (Å²) in [7, 11) is 0. The van der Waals surface area contributed by atoms with Gasteiger partial charge in [-0.3, -0.25) is 0 Å². The molecule has 0 bridgehead atoms. The van der Waals surface area contributed by atoms with Crippen molar-refractivity contribution in [2.24, 2.45) is 0 Å². The van der Waals surface area contributed by atoms with E-state index in [2.05, 4.69) is 17.1 Å². The summed E-state index contributed by atoms with van der Waals surface area (Å²) in [6.45, 7) is 0. The second-order valence-electron chi connectivity index (χ2n) is 2.39. The molecule has 1 radical (unpaired) electrons. The quantitative estimate of drug-likeness (QED) is 0.629. The summed E-state index contributed by atoms with van der Waals surface area (Å²) in [4.78, 5) is 3.01. The second kappa shape index (κ2) is 2.62. The Morgan fingerprint density at radius 3 is 2.82 bits per heavy atom. The summed E-state index contributed by atoms with van der Waals surface area (Å²) in [6, 6.07) is 13.0. The van der Waals surface area contributed by atoms with Crippen LogP contribution in [0.4, 0.5) is 0 Å². The van der Waals surface area contributed by atoms with E-state index < -0.39 is 0 Å². The van der Waals surface area contributed by atoms with E-state index in [9.17, 15) is 0 Å². The molecule has 1 heteroatoms. The van der Waals surface area contributed by atoms with Gasteiger partial charge in [0.1, 0.15) is 0 Å². The largest absolute Gasteiger partial charge is 0.367 e. The lowest BCUT2D eigenvalue weighted by Gasteiger charge is -1.93. The fraction of sp³-hybridized carbons (Fsp3) is 0. The number of hydrogen-bond acceptors (Lipinski definition) is 0. The van der Waals surface area contributed by atoms with Crippen molar-refractivity contribution in [3.05, 3.63) is 48.8 Å². The predicted molar refractivity (Wildman–Crippen MR) is 45.1 cm³/mol. The molecule has 0 aliphatic rings. The lowest BCUT2D eigenvalue weighted by molar-refractivity contribution is 1.41. The van der Waals surface area contributed by atoms with Crippen LogP contribution in [0.3, 0.4) is 0 Å². The molecule has 0 saturated carbocycles. The van der Waals surface area contributed by atoms with Gasteiger partial charge in [0.2, 0.25) is 0 Å². The average Bonchev–Trinajstić information content (AvgIpc) is 2.58. The van der Waals surface area contributed by atoms with E-state index >= 15 is 0 Å². The van der Waals surface area contributed by atoms with Crippen molar-refractivity contribution >= 4 is 0 Å². The van der Waals surface area contributed by atoms with Crippen molar-refractivity contribution in [1.29, 1.82) is 0 Å². The van der Waals surface area contributed by atoms with Gasteiger partial charge in [-0.05, 0) is 29.3 Å². The number of aromatic nitrogens is 1. The fourth-order valence-corrected chi connectivity index (χ4v) is 1.08. The van der Waals surface area contributed by atoms with Crippen LogP contribution < -0.4 is 0 Å². The molecule has 1 nitrogen and oxygen atoms in total. The van der Waals surface area contributed by atoms with E-state index in [4.69, 9.17) is 0 Å². The SMILES string of the molecule is [c]1cccc(-c2cc[nH]c2)c1. The Hall–Kier alpha value is -1.50. The van der Waals surface area contributed by atoms with Crippen LogP contribution >= 0.6 is 0 Å². The zero-order chi connectivity index (χ0) is 7.52. The van der Waals surface area contributed by atoms with Gasteiger partial charge in [0.15, 0.2) is 0 Å². The molecule has 2 rings (SSSR count). The van der Waals surface area contributed by atoms with Crippen LogP contribution in [0.25, 0.3) is 11.1 Å². The highest BCUT2D eigenvalue weighted by Crippen LogP contribution is 2.16. The third-order valence-corrected chi connectivity index (χ3v) is 1.64. The molecule has 0 unspecified atom stereocenters. The van der Waals surface area contributed by atoms with Gasteiger partial charge in [0.05, 0.1) is 0 Å². The molecule has 1 aromatic carbocycles. The summed E-state index contributed by atoms with van der Waals surface area (Å²) < 4.78 is 0. The topological polar surface area (TPSA) is 15.8 Å². The van der Waals surface area contributed by atoms with Crippen LogP contribution in [-0.2, 0) is 0 Å². The van der Waals surface area contributed by atoms with Gasteiger partial charge >= 0.3 is 0 Å². The Morgan fingerprint density at radius 2 is 2.18 bits per heavy atom. The van der Waals surface area contributed by atoms with Gasteiger partial charge in [-0.15, -0.1) is 0 Å². The number of nitrogens with one attached hydrogen (secondary N) is 1. The van der Waals surface area contributed by atoms with Crippen LogP contribution in [-0.4, -0.2) is 4.98 Å². The standard InChI is InChI=1S/C10H8N/c1-2-4-9(5-3-1)10-6-7-11-8-10/h1-2,4-8,11H. The van der Waals surface area contributed by atoms with Gasteiger partial charge in [0, 0.05) is 12.4 Å². The molecule has 0 saturated heterocycles. The van der Waals surface area contributed by atoms with Crippen molar-refractivity contribution in [2.45, 2.75) is 0 Å².